The van der Waals surface area contributed by atoms with Gasteiger partial charge in [-0.25, -0.2) is 13.4 Å². The van der Waals surface area contributed by atoms with Gasteiger partial charge in [0.1, 0.15) is 16.9 Å². The van der Waals surface area contributed by atoms with Crippen molar-refractivity contribution in [3.63, 3.8) is 0 Å². The Morgan fingerprint density at radius 1 is 1.41 bits per heavy atom. The molecule has 0 saturated carbocycles. The van der Waals surface area contributed by atoms with Crippen molar-refractivity contribution in [2.45, 2.75) is 6.10 Å². The molecule has 0 atom stereocenters. The van der Waals surface area contributed by atoms with E-state index in [2.05, 4.69) is 15.3 Å². The highest BCUT2D eigenvalue weighted by molar-refractivity contribution is 7.88. The number of aromatic nitrogens is 2. The summed E-state index contributed by atoms with van der Waals surface area (Å²) in [4.78, 5) is 18.1. The summed E-state index contributed by atoms with van der Waals surface area (Å²) in [6, 6.07) is 1.81. The number of anilines is 2. The first-order valence-electron chi connectivity index (χ1n) is 8.01. The topological polar surface area (TPSA) is 137 Å². The molecule has 2 heterocycles. The Kier molecular flexibility index (Phi) is 5.73. The first kappa shape index (κ1) is 21.0. The molecule has 0 aliphatic carbocycles. The van der Waals surface area contributed by atoms with Crippen LogP contribution in [0.15, 0.2) is 18.3 Å². The second-order valence-electron chi connectivity index (χ2n) is 6.05. The van der Waals surface area contributed by atoms with Gasteiger partial charge in [-0.15, -0.1) is 0 Å². The van der Waals surface area contributed by atoms with Crippen LogP contribution in [0.1, 0.15) is 0 Å². The quantitative estimate of drug-likeness (QED) is 0.498. The molecule has 0 radical (unpaired) electrons. The SMILES string of the molecule is COc1cc(F)c([N+](=O)[O-])cc1Nc1ncc(Cl)c(OC2CN(S(C)(=O)=O)C2)n1. The fourth-order valence-corrected chi connectivity index (χ4v) is 3.48. The number of rotatable bonds is 7. The van der Waals surface area contributed by atoms with Gasteiger partial charge in [-0.3, -0.25) is 10.1 Å². The molecular formula is C15H15ClFN5O6S. The molecule has 2 aromatic rings. The normalized spacial score (nSPS) is 14.9. The second kappa shape index (κ2) is 7.93. The van der Waals surface area contributed by atoms with E-state index in [1.165, 1.54) is 17.6 Å². The predicted molar refractivity (Wildman–Crippen MR) is 101 cm³/mol. The van der Waals surface area contributed by atoms with Crippen molar-refractivity contribution in [2.24, 2.45) is 0 Å². The van der Waals surface area contributed by atoms with Crippen molar-refractivity contribution < 1.29 is 27.2 Å². The first-order valence-corrected chi connectivity index (χ1v) is 10.2. The van der Waals surface area contributed by atoms with Crippen LogP contribution in [-0.2, 0) is 10.0 Å². The van der Waals surface area contributed by atoms with Gasteiger partial charge in [0.2, 0.25) is 27.7 Å². The number of hydrogen-bond donors (Lipinski definition) is 1. The molecule has 1 aliphatic rings. The fraction of sp³-hybridized carbons (Fsp3) is 0.333. The Hall–Kier alpha value is -2.77. The summed E-state index contributed by atoms with van der Waals surface area (Å²) in [5, 5.41) is 13.7. The minimum atomic E-state index is -3.30. The van der Waals surface area contributed by atoms with E-state index in [-0.39, 0.29) is 41.4 Å². The lowest BCUT2D eigenvalue weighted by Crippen LogP contribution is -2.55. The van der Waals surface area contributed by atoms with E-state index in [0.29, 0.717) is 0 Å². The van der Waals surface area contributed by atoms with E-state index in [4.69, 9.17) is 21.1 Å². The molecular weight excluding hydrogens is 433 g/mol. The molecule has 0 amide bonds. The highest BCUT2D eigenvalue weighted by Gasteiger charge is 2.35. The summed E-state index contributed by atoms with van der Waals surface area (Å²) in [6.07, 6.45) is 1.90. The summed E-state index contributed by atoms with van der Waals surface area (Å²) in [5.41, 5.74) is -0.699. The maximum absolute atomic E-state index is 13.8. The van der Waals surface area contributed by atoms with E-state index in [1.807, 2.05) is 0 Å². The number of nitrogens with one attached hydrogen (secondary N) is 1. The van der Waals surface area contributed by atoms with Crippen LogP contribution in [0.2, 0.25) is 5.02 Å². The molecule has 11 nitrogen and oxygen atoms in total. The van der Waals surface area contributed by atoms with Gasteiger partial charge in [0, 0.05) is 12.1 Å². The van der Waals surface area contributed by atoms with E-state index in [9.17, 15) is 22.9 Å². The van der Waals surface area contributed by atoms with E-state index in [1.54, 1.807) is 0 Å². The van der Waals surface area contributed by atoms with Gasteiger partial charge in [0.05, 0.1) is 43.3 Å². The summed E-state index contributed by atoms with van der Waals surface area (Å²) in [6.45, 7) is 0.305. The van der Waals surface area contributed by atoms with Gasteiger partial charge in [-0.2, -0.15) is 13.7 Å². The molecule has 1 fully saturated rings. The van der Waals surface area contributed by atoms with E-state index in [0.717, 1.165) is 18.4 Å². The molecule has 156 valence electrons. The third kappa shape index (κ3) is 4.63. The Morgan fingerprint density at radius 2 is 2.10 bits per heavy atom. The van der Waals surface area contributed by atoms with Gasteiger partial charge in [-0.1, -0.05) is 11.6 Å². The van der Waals surface area contributed by atoms with Crippen molar-refractivity contribution in [3.8, 4) is 11.6 Å². The third-order valence-corrected chi connectivity index (χ3v) is 5.48. The van der Waals surface area contributed by atoms with Gasteiger partial charge < -0.3 is 14.8 Å². The van der Waals surface area contributed by atoms with Gasteiger partial charge in [0.25, 0.3) is 0 Å². The van der Waals surface area contributed by atoms with Gasteiger partial charge in [0.15, 0.2) is 0 Å². The minimum Gasteiger partial charge on any atom is -0.494 e. The smallest absolute Gasteiger partial charge is 0.307 e. The molecule has 29 heavy (non-hydrogen) atoms. The van der Waals surface area contributed by atoms with Crippen LogP contribution >= 0.6 is 11.6 Å². The monoisotopic (exact) mass is 447 g/mol. The number of nitro groups is 1. The van der Waals surface area contributed by atoms with Crippen LogP contribution in [0.25, 0.3) is 0 Å². The van der Waals surface area contributed by atoms with Crippen LogP contribution < -0.4 is 14.8 Å². The van der Waals surface area contributed by atoms with Crippen molar-refractivity contribution in [2.75, 3.05) is 31.8 Å². The molecule has 1 aliphatic heterocycles. The van der Waals surface area contributed by atoms with E-state index >= 15 is 0 Å². The summed E-state index contributed by atoms with van der Waals surface area (Å²) >= 11 is 6.02. The zero-order chi connectivity index (χ0) is 21.3. The first-order chi connectivity index (χ1) is 13.6. The third-order valence-electron chi connectivity index (χ3n) is 3.99. The molecule has 1 aromatic heterocycles. The molecule has 0 unspecified atom stereocenters. The number of ether oxygens (including phenoxy) is 2. The number of nitro benzene ring substituents is 1. The molecule has 1 aromatic carbocycles. The lowest BCUT2D eigenvalue weighted by Gasteiger charge is -2.36. The molecule has 0 spiro atoms. The molecule has 3 rings (SSSR count). The van der Waals surface area contributed by atoms with Crippen LogP contribution in [-0.4, -0.2) is 60.2 Å². The standard InChI is InChI=1S/C15H15ClFN5O6S/c1-27-13-3-10(17)12(22(23)24)4-11(13)19-15-18-5-9(16)14(20-15)28-8-6-21(7-8)29(2,25)26/h3-5,8H,6-7H2,1-2H3,(H,18,19,20). The predicted octanol–water partition coefficient (Wildman–Crippen LogP) is 1.95. The summed E-state index contributed by atoms with van der Waals surface area (Å²) in [7, 11) is -2.03. The number of hydrogen-bond acceptors (Lipinski definition) is 9. The van der Waals surface area contributed by atoms with Crippen molar-refractivity contribution >= 4 is 38.9 Å². The van der Waals surface area contributed by atoms with Crippen molar-refractivity contribution in [3.05, 3.63) is 39.3 Å². The molecule has 0 bridgehead atoms. The van der Waals surface area contributed by atoms with Crippen LogP contribution in [0.3, 0.4) is 0 Å². The number of nitrogens with zero attached hydrogens (tertiary/aromatic N) is 4. The maximum Gasteiger partial charge on any atom is 0.307 e. The lowest BCUT2D eigenvalue weighted by atomic mass is 10.2. The average Bonchev–Trinajstić information content (AvgIpc) is 2.59. The van der Waals surface area contributed by atoms with Crippen LogP contribution in [0.4, 0.5) is 21.7 Å². The number of methoxy groups -OCH3 is 1. The van der Waals surface area contributed by atoms with Crippen LogP contribution in [0, 0.1) is 15.9 Å². The zero-order valence-electron chi connectivity index (χ0n) is 15.1. The van der Waals surface area contributed by atoms with E-state index < -0.39 is 32.6 Å². The van der Waals surface area contributed by atoms with Crippen LogP contribution in [0.5, 0.6) is 11.6 Å². The van der Waals surface area contributed by atoms with Crippen molar-refractivity contribution in [1.29, 1.82) is 0 Å². The second-order valence-corrected chi connectivity index (χ2v) is 8.44. The fourth-order valence-electron chi connectivity index (χ4n) is 2.47. The van der Waals surface area contributed by atoms with Gasteiger partial charge in [-0.05, 0) is 0 Å². The number of sulfonamides is 1. The molecule has 1 N–H and O–H groups in total. The summed E-state index contributed by atoms with van der Waals surface area (Å²) in [5.74, 6) is -1.10. The highest BCUT2D eigenvalue weighted by Crippen LogP contribution is 2.34. The number of benzene rings is 1. The van der Waals surface area contributed by atoms with Crippen molar-refractivity contribution in [1.82, 2.24) is 14.3 Å². The molecule has 14 heteroatoms. The Labute approximate surface area is 169 Å². The van der Waals surface area contributed by atoms with Gasteiger partial charge >= 0.3 is 5.69 Å². The Balaban J connectivity index is 1.80. The Bertz CT molecular complexity index is 1060. The molecule has 1 saturated heterocycles. The summed E-state index contributed by atoms with van der Waals surface area (Å²) < 4.78 is 48.4. The maximum atomic E-state index is 13.8. The zero-order valence-corrected chi connectivity index (χ0v) is 16.7. The Morgan fingerprint density at radius 3 is 2.69 bits per heavy atom. The highest BCUT2D eigenvalue weighted by atomic mass is 35.5. The number of halogens is 2. The largest absolute Gasteiger partial charge is 0.494 e. The average molecular weight is 448 g/mol. The minimum absolute atomic E-state index is 0.00195. The lowest BCUT2D eigenvalue weighted by molar-refractivity contribution is -0.387.